The number of rotatable bonds is 4. The maximum atomic E-state index is 10.9. The van der Waals surface area contributed by atoms with Gasteiger partial charge in [0.1, 0.15) is 0 Å². The van der Waals surface area contributed by atoms with Crippen molar-refractivity contribution in [1.29, 1.82) is 0 Å². The highest BCUT2D eigenvalue weighted by atomic mass is 79.9. The van der Waals surface area contributed by atoms with Gasteiger partial charge in [-0.1, -0.05) is 6.92 Å². The number of thiazole rings is 1. The summed E-state index contributed by atoms with van der Waals surface area (Å²) in [5, 5.41) is 20.6. The second-order valence-electron chi connectivity index (χ2n) is 3.17. The zero-order chi connectivity index (χ0) is 12.4. The molecule has 2 aromatic rings. The first kappa shape index (κ1) is 12.1. The van der Waals surface area contributed by atoms with Gasteiger partial charge in [-0.25, -0.2) is 9.78 Å². The van der Waals surface area contributed by atoms with Gasteiger partial charge in [-0.15, -0.1) is 26.3 Å². The first-order valence-electron chi connectivity index (χ1n) is 4.75. The van der Waals surface area contributed by atoms with Crippen LogP contribution in [0.1, 0.15) is 19.4 Å². The number of carbonyl (C=O) groups is 1. The molecule has 2 aromatic heterocycles. The number of carboxylic acid groups (broad SMARTS) is 1. The number of halogens is 1. The molecule has 9 heteroatoms. The van der Waals surface area contributed by atoms with Crippen LogP contribution in [0.2, 0.25) is 0 Å². The van der Waals surface area contributed by atoms with E-state index in [0.717, 1.165) is 9.67 Å². The fraction of sp³-hybridized carbons (Fsp3) is 0.375. The van der Waals surface area contributed by atoms with Crippen LogP contribution in [0.15, 0.2) is 10.1 Å². The zero-order valence-corrected chi connectivity index (χ0v) is 11.1. The molecule has 2 rings (SSSR count). The Morgan fingerprint density at radius 1 is 1.71 bits per heavy atom. The summed E-state index contributed by atoms with van der Waals surface area (Å²) in [5.41, 5.74) is 0. The summed E-state index contributed by atoms with van der Waals surface area (Å²) >= 11 is 4.59. The lowest BCUT2D eigenvalue weighted by molar-refractivity contribution is -0.141. The molecule has 0 bridgehead atoms. The van der Waals surface area contributed by atoms with Crippen LogP contribution < -0.4 is 0 Å². The number of hydrogen-bond donors (Lipinski definition) is 1. The van der Waals surface area contributed by atoms with Crippen molar-refractivity contribution in [2.75, 3.05) is 0 Å². The molecule has 0 saturated heterocycles. The maximum Gasteiger partial charge on any atom is 0.330 e. The Labute approximate surface area is 109 Å². The topological polar surface area (TPSA) is 93.8 Å². The molecular weight excluding hydrogens is 310 g/mol. The minimum atomic E-state index is -0.970. The molecule has 17 heavy (non-hydrogen) atoms. The molecule has 7 nitrogen and oxygen atoms in total. The van der Waals surface area contributed by atoms with E-state index in [2.05, 4.69) is 36.3 Å². The van der Waals surface area contributed by atoms with Gasteiger partial charge in [0.2, 0.25) is 5.82 Å². The van der Waals surface area contributed by atoms with Gasteiger partial charge >= 0.3 is 5.97 Å². The largest absolute Gasteiger partial charge is 0.480 e. The molecule has 2 heterocycles. The molecule has 0 aliphatic rings. The zero-order valence-electron chi connectivity index (χ0n) is 8.74. The number of tetrazole rings is 1. The normalized spacial score (nSPS) is 12.6. The van der Waals surface area contributed by atoms with Crippen molar-refractivity contribution in [3.8, 4) is 10.7 Å². The number of hydrogen-bond acceptors (Lipinski definition) is 6. The summed E-state index contributed by atoms with van der Waals surface area (Å²) in [6.45, 7) is 1.76. The smallest absolute Gasteiger partial charge is 0.330 e. The van der Waals surface area contributed by atoms with E-state index < -0.39 is 12.0 Å². The summed E-state index contributed by atoms with van der Waals surface area (Å²) < 4.78 is 0.717. The molecule has 0 saturated carbocycles. The second-order valence-corrected chi connectivity index (χ2v) is 5.48. The van der Waals surface area contributed by atoms with Crippen LogP contribution >= 0.6 is 27.3 Å². The van der Waals surface area contributed by atoms with Gasteiger partial charge in [-0.3, -0.25) is 0 Å². The highest BCUT2D eigenvalue weighted by Crippen LogP contribution is 2.26. The summed E-state index contributed by atoms with van der Waals surface area (Å²) in [7, 11) is 0. The van der Waals surface area contributed by atoms with Crippen molar-refractivity contribution in [1.82, 2.24) is 25.2 Å². The Kier molecular flexibility index (Phi) is 3.48. The lowest BCUT2D eigenvalue weighted by Crippen LogP contribution is -2.20. The lowest BCUT2D eigenvalue weighted by atomic mass is 10.2. The molecule has 0 amide bonds. The van der Waals surface area contributed by atoms with E-state index in [1.54, 1.807) is 13.1 Å². The van der Waals surface area contributed by atoms with Crippen LogP contribution in [0.5, 0.6) is 0 Å². The van der Waals surface area contributed by atoms with Crippen LogP contribution in [-0.2, 0) is 4.79 Å². The van der Waals surface area contributed by atoms with E-state index in [1.165, 1.54) is 11.3 Å². The molecule has 1 N–H and O–H groups in total. The number of aromatic nitrogens is 5. The van der Waals surface area contributed by atoms with E-state index >= 15 is 0 Å². The van der Waals surface area contributed by atoms with E-state index in [1.807, 2.05) is 0 Å². The van der Waals surface area contributed by atoms with E-state index in [0.29, 0.717) is 16.2 Å². The van der Waals surface area contributed by atoms with Crippen molar-refractivity contribution in [3.05, 3.63) is 10.1 Å². The third-order valence-electron chi connectivity index (χ3n) is 2.08. The maximum absolute atomic E-state index is 10.9. The van der Waals surface area contributed by atoms with Crippen LogP contribution in [0.4, 0.5) is 0 Å². The monoisotopic (exact) mass is 317 g/mol. The van der Waals surface area contributed by atoms with Gasteiger partial charge in [-0.05, 0) is 27.6 Å². The molecule has 0 spiro atoms. The van der Waals surface area contributed by atoms with Crippen molar-refractivity contribution in [3.63, 3.8) is 0 Å². The Morgan fingerprint density at radius 3 is 3.00 bits per heavy atom. The highest BCUT2D eigenvalue weighted by Gasteiger charge is 2.21. The third kappa shape index (κ3) is 2.50. The molecule has 90 valence electrons. The average molecular weight is 318 g/mol. The molecule has 1 atom stereocenters. The van der Waals surface area contributed by atoms with Crippen molar-refractivity contribution >= 4 is 33.2 Å². The minimum absolute atomic E-state index is 0.382. The molecular formula is C8H8BrN5O2S. The Hall–Kier alpha value is -1.35. The summed E-state index contributed by atoms with van der Waals surface area (Å²) in [5.74, 6) is -0.588. The fourth-order valence-corrected chi connectivity index (χ4v) is 2.44. The second kappa shape index (κ2) is 4.88. The Bertz CT molecular complexity index is 540. The summed E-state index contributed by atoms with van der Waals surface area (Å²) in [4.78, 5) is 16.8. The first-order valence-corrected chi connectivity index (χ1v) is 6.36. The standard InChI is InChI=1S/C8H8BrN5O2S/c1-2-4(7(15)16)14-12-6(11-13-14)5-3-10-8(9)17-5/h3-4H,2H2,1H3,(H,15,16). The molecule has 0 aromatic carbocycles. The molecule has 0 fully saturated rings. The van der Waals surface area contributed by atoms with Gasteiger partial charge in [0.05, 0.1) is 11.1 Å². The Morgan fingerprint density at radius 2 is 2.47 bits per heavy atom. The molecule has 0 radical (unpaired) electrons. The highest BCUT2D eigenvalue weighted by molar-refractivity contribution is 9.11. The molecule has 0 aliphatic carbocycles. The number of carboxylic acids is 1. The molecule has 0 aliphatic heterocycles. The third-order valence-corrected chi connectivity index (χ3v) is 3.55. The van der Waals surface area contributed by atoms with Gasteiger partial charge in [0, 0.05) is 0 Å². The van der Waals surface area contributed by atoms with Crippen molar-refractivity contribution < 1.29 is 9.90 Å². The summed E-state index contributed by atoms with van der Waals surface area (Å²) in [6.07, 6.45) is 2.01. The van der Waals surface area contributed by atoms with Gasteiger partial charge in [0.25, 0.3) is 0 Å². The van der Waals surface area contributed by atoms with E-state index in [4.69, 9.17) is 5.11 Å². The van der Waals surface area contributed by atoms with Gasteiger partial charge < -0.3 is 5.11 Å². The quantitative estimate of drug-likeness (QED) is 0.920. The minimum Gasteiger partial charge on any atom is -0.480 e. The van der Waals surface area contributed by atoms with E-state index in [-0.39, 0.29) is 0 Å². The predicted octanol–water partition coefficient (Wildman–Crippen LogP) is 1.59. The molecule has 1 unspecified atom stereocenters. The van der Waals surface area contributed by atoms with E-state index in [9.17, 15) is 4.79 Å². The SMILES string of the molecule is CCC(C(=O)O)n1nnc(-c2cnc(Br)s2)n1. The summed E-state index contributed by atoms with van der Waals surface area (Å²) in [6, 6.07) is -0.785. The number of nitrogens with zero attached hydrogens (tertiary/aromatic N) is 5. The van der Waals surface area contributed by atoms with Crippen molar-refractivity contribution in [2.45, 2.75) is 19.4 Å². The van der Waals surface area contributed by atoms with Gasteiger partial charge in [0.15, 0.2) is 9.96 Å². The predicted molar refractivity (Wildman–Crippen MR) is 63.6 cm³/mol. The first-order chi connectivity index (χ1) is 8.11. The van der Waals surface area contributed by atoms with Crippen molar-refractivity contribution in [2.24, 2.45) is 0 Å². The van der Waals surface area contributed by atoms with Crippen LogP contribution in [0.25, 0.3) is 10.7 Å². The number of aliphatic carboxylic acids is 1. The average Bonchev–Trinajstić information content (AvgIpc) is 2.87. The van der Waals surface area contributed by atoms with Crippen LogP contribution in [-0.4, -0.2) is 36.3 Å². The fourth-order valence-electron chi connectivity index (χ4n) is 1.25. The van der Waals surface area contributed by atoms with Crippen LogP contribution in [0.3, 0.4) is 0 Å². The van der Waals surface area contributed by atoms with Crippen LogP contribution in [0, 0.1) is 0 Å². The van der Waals surface area contributed by atoms with Gasteiger partial charge in [-0.2, -0.15) is 0 Å². The lowest BCUT2D eigenvalue weighted by Gasteiger charge is -2.05. The Balaban J connectivity index is 2.29.